The van der Waals surface area contributed by atoms with Crippen molar-refractivity contribution < 1.29 is 14.6 Å². The quantitative estimate of drug-likeness (QED) is 0.287. The molecule has 1 fully saturated rings. The molecule has 0 saturated carbocycles. The molecule has 1 aliphatic rings. The Labute approximate surface area is 163 Å². The lowest BCUT2D eigenvalue weighted by molar-refractivity contribution is -0.149. The minimum absolute atomic E-state index is 0.0623. The van der Waals surface area contributed by atoms with Gasteiger partial charge >= 0.3 is 0 Å². The molecule has 1 heterocycles. The number of hydrogen-bond donors (Lipinski definition) is 1. The van der Waals surface area contributed by atoms with Gasteiger partial charge in [0.05, 0.1) is 12.7 Å². The zero-order valence-electron chi connectivity index (χ0n) is 17.9. The average molecular weight is 371 g/mol. The van der Waals surface area contributed by atoms with Gasteiger partial charge in [-0.15, -0.1) is 0 Å². The van der Waals surface area contributed by atoms with Crippen molar-refractivity contribution in [1.82, 2.24) is 0 Å². The molecule has 156 valence electrons. The average Bonchev–Trinajstić information content (AvgIpc) is 2.92. The number of hydrogen-bond acceptors (Lipinski definition) is 3. The van der Waals surface area contributed by atoms with Crippen LogP contribution in [0.1, 0.15) is 124 Å². The molecule has 0 amide bonds. The zero-order valence-corrected chi connectivity index (χ0v) is 17.9. The number of aliphatic hydroxyl groups is 1. The van der Waals surface area contributed by atoms with Crippen molar-refractivity contribution in [2.75, 3.05) is 6.61 Å². The van der Waals surface area contributed by atoms with Gasteiger partial charge in [-0.3, -0.25) is 0 Å². The van der Waals surface area contributed by atoms with E-state index in [1.807, 2.05) is 13.8 Å². The molecule has 1 rings (SSSR count). The molecule has 3 nitrogen and oxygen atoms in total. The first-order valence-corrected chi connectivity index (χ1v) is 11.6. The largest absolute Gasteiger partial charge is 0.394 e. The summed E-state index contributed by atoms with van der Waals surface area (Å²) in [5, 5.41) is 9.39. The molecule has 0 radical (unpaired) electrons. The SMILES string of the molecule is CCCCCCCCCCCCCCCCC[C@H]1OC(C)(C)O[C@H]1CO. The van der Waals surface area contributed by atoms with Crippen LogP contribution < -0.4 is 0 Å². The Bertz CT molecular complexity index is 317. The summed E-state index contributed by atoms with van der Waals surface area (Å²) in [6.45, 7) is 6.21. The standard InChI is InChI=1S/C23H46O3/c1-4-5-6-7-8-9-10-11-12-13-14-15-16-17-18-19-21-22(20-24)26-23(2,3)25-21/h21-22,24H,4-20H2,1-3H3/t21-,22+/m1/s1. The fourth-order valence-electron chi connectivity index (χ4n) is 4.03. The van der Waals surface area contributed by atoms with E-state index in [0.29, 0.717) is 0 Å². The van der Waals surface area contributed by atoms with Crippen molar-refractivity contribution in [2.45, 2.75) is 141 Å². The zero-order chi connectivity index (χ0) is 19.1. The Morgan fingerprint density at radius 2 is 1.00 bits per heavy atom. The Morgan fingerprint density at radius 1 is 0.615 bits per heavy atom. The van der Waals surface area contributed by atoms with Gasteiger partial charge in [-0.05, 0) is 20.3 Å². The predicted octanol–water partition coefficient (Wildman–Crippen LogP) is 6.76. The molecular weight excluding hydrogens is 324 g/mol. The summed E-state index contributed by atoms with van der Waals surface area (Å²) < 4.78 is 11.6. The number of unbranched alkanes of at least 4 members (excludes halogenated alkanes) is 14. The molecule has 26 heavy (non-hydrogen) atoms. The van der Waals surface area contributed by atoms with Gasteiger partial charge in [0.25, 0.3) is 0 Å². The molecule has 1 saturated heterocycles. The van der Waals surface area contributed by atoms with Crippen molar-refractivity contribution in [1.29, 1.82) is 0 Å². The Balaban J connectivity index is 1.81. The lowest BCUT2D eigenvalue weighted by Gasteiger charge is -2.16. The van der Waals surface area contributed by atoms with Gasteiger partial charge in [0.15, 0.2) is 5.79 Å². The lowest BCUT2D eigenvalue weighted by Crippen LogP contribution is -2.26. The van der Waals surface area contributed by atoms with Crippen LogP contribution in [-0.2, 0) is 9.47 Å². The smallest absolute Gasteiger partial charge is 0.163 e. The van der Waals surface area contributed by atoms with E-state index in [2.05, 4.69) is 6.92 Å². The van der Waals surface area contributed by atoms with Gasteiger partial charge in [-0.2, -0.15) is 0 Å². The van der Waals surface area contributed by atoms with Crippen LogP contribution in [0.3, 0.4) is 0 Å². The highest BCUT2D eigenvalue weighted by molar-refractivity contribution is 4.80. The van der Waals surface area contributed by atoms with Crippen LogP contribution in [0.15, 0.2) is 0 Å². The highest BCUT2D eigenvalue weighted by Gasteiger charge is 2.40. The molecule has 0 aliphatic carbocycles. The first-order chi connectivity index (χ1) is 12.6. The summed E-state index contributed by atoms with van der Waals surface area (Å²) in [7, 11) is 0. The van der Waals surface area contributed by atoms with Crippen molar-refractivity contribution >= 4 is 0 Å². The second-order valence-electron chi connectivity index (χ2n) is 8.63. The Kier molecular flexibility index (Phi) is 13.7. The summed E-state index contributed by atoms with van der Waals surface area (Å²) >= 11 is 0. The molecule has 2 atom stereocenters. The third kappa shape index (κ3) is 11.6. The predicted molar refractivity (Wildman–Crippen MR) is 110 cm³/mol. The Hall–Kier alpha value is -0.120. The van der Waals surface area contributed by atoms with Crippen LogP contribution in [0.2, 0.25) is 0 Å². The van der Waals surface area contributed by atoms with E-state index < -0.39 is 5.79 Å². The van der Waals surface area contributed by atoms with E-state index in [0.717, 1.165) is 6.42 Å². The lowest BCUT2D eigenvalue weighted by atomic mass is 10.0. The summed E-state index contributed by atoms with van der Waals surface area (Å²) in [5.41, 5.74) is 0. The van der Waals surface area contributed by atoms with Crippen LogP contribution in [0, 0.1) is 0 Å². The highest BCUT2D eigenvalue weighted by atomic mass is 16.8. The van der Waals surface area contributed by atoms with Crippen LogP contribution in [0.4, 0.5) is 0 Å². The van der Waals surface area contributed by atoms with Gasteiger partial charge in [0, 0.05) is 0 Å². The van der Waals surface area contributed by atoms with Crippen LogP contribution in [0.5, 0.6) is 0 Å². The topological polar surface area (TPSA) is 38.7 Å². The van der Waals surface area contributed by atoms with Gasteiger partial charge in [0.2, 0.25) is 0 Å². The van der Waals surface area contributed by atoms with Gasteiger partial charge in [-0.1, -0.05) is 103 Å². The van der Waals surface area contributed by atoms with Gasteiger partial charge < -0.3 is 14.6 Å². The highest BCUT2D eigenvalue weighted by Crippen LogP contribution is 2.30. The first-order valence-electron chi connectivity index (χ1n) is 11.6. The van der Waals surface area contributed by atoms with Crippen LogP contribution in [-0.4, -0.2) is 29.7 Å². The molecule has 0 aromatic heterocycles. The maximum absolute atomic E-state index is 9.39. The van der Waals surface area contributed by atoms with Crippen molar-refractivity contribution in [3.63, 3.8) is 0 Å². The second kappa shape index (κ2) is 14.9. The fraction of sp³-hybridized carbons (Fsp3) is 1.00. The number of rotatable bonds is 17. The molecule has 0 unspecified atom stereocenters. The van der Waals surface area contributed by atoms with Crippen LogP contribution >= 0.6 is 0 Å². The molecule has 1 N–H and O–H groups in total. The fourth-order valence-corrected chi connectivity index (χ4v) is 4.03. The van der Waals surface area contributed by atoms with Gasteiger partial charge in [-0.25, -0.2) is 0 Å². The van der Waals surface area contributed by atoms with Crippen LogP contribution in [0.25, 0.3) is 0 Å². The summed E-state index contributed by atoms with van der Waals surface area (Å²) in [6, 6.07) is 0. The van der Waals surface area contributed by atoms with Crippen molar-refractivity contribution in [2.24, 2.45) is 0 Å². The molecule has 3 heteroatoms. The summed E-state index contributed by atoms with van der Waals surface area (Å²) in [6.07, 6.45) is 21.7. The molecule has 0 aromatic rings. The van der Waals surface area contributed by atoms with E-state index in [1.165, 1.54) is 96.3 Å². The van der Waals surface area contributed by atoms with E-state index >= 15 is 0 Å². The number of aliphatic hydroxyl groups excluding tert-OH is 1. The van der Waals surface area contributed by atoms with E-state index in [4.69, 9.17) is 9.47 Å². The summed E-state index contributed by atoms with van der Waals surface area (Å²) in [4.78, 5) is 0. The Morgan fingerprint density at radius 3 is 1.42 bits per heavy atom. The van der Waals surface area contributed by atoms with Crippen molar-refractivity contribution in [3.05, 3.63) is 0 Å². The number of ether oxygens (including phenoxy) is 2. The first kappa shape index (κ1) is 23.9. The maximum Gasteiger partial charge on any atom is 0.163 e. The molecule has 0 bridgehead atoms. The molecule has 1 aliphatic heterocycles. The molecular formula is C23H46O3. The second-order valence-corrected chi connectivity index (χ2v) is 8.63. The minimum atomic E-state index is -0.534. The molecule has 0 spiro atoms. The maximum atomic E-state index is 9.39. The third-order valence-corrected chi connectivity index (χ3v) is 5.56. The summed E-state index contributed by atoms with van der Waals surface area (Å²) in [5.74, 6) is -0.534. The minimum Gasteiger partial charge on any atom is -0.394 e. The van der Waals surface area contributed by atoms with E-state index in [-0.39, 0.29) is 18.8 Å². The van der Waals surface area contributed by atoms with Gasteiger partial charge in [0.1, 0.15) is 6.10 Å². The van der Waals surface area contributed by atoms with Crippen molar-refractivity contribution in [3.8, 4) is 0 Å². The normalized spacial score (nSPS) is 22.2. The van der Waals surface area contributed by atoms with E-state index in [1.54, 1.807) is 0 Å². The molecule has 0 aromatic carbocycles. The monoisotopic (exact) mass is 370 g/mol. The van der Waals surface area contributed by atoms with E-state index in [9.17, 15) is 5.11 Å². The third-order valence-electron chi connectivity index (χ3n) is 5.56.